The van der Waals surface area contributed by atoms with Crippen molar-refractivity contribution in [1.82, 2.24) is 0 Å². The van der Waals surface area contributed by atoms with Crippen LogP contribution in [0.15, 0.2) is 24.3 Å². The third-order valence-electron chi connectivity index (χ3n) is 3.42. The molecule has 0 amide bonds. The van der Waals surface area contributed by atoms with Gasteiger partial charge in [0, 0.05) is 25.2 Å². The minimum absolute atomic E-state index is 0.269. The molecule has 0 spiro atoms. The lowest BCUT2D eigenvalue weighted by Gasteiger charge is -2.28. The zero-order valence-corrected chi connectivity index (χ0v) is 10.6. The lowest BCUT2D eigenvalue weighted by Crippen LogP contribution is -2.29. The van der Waals surface area contributed by atoms with Gasteiger partial charge in [0.25, 0.3) is 0 Å². The molecule has 0 unspecified atom stereocenters. The van der Waals surface area contributed by atoms with E-state index in [2.05, 4.69) is 29.2 Å². The highest BCUT2D eigenvalue weighted by Crippen LogP contribution is 2.20. The van der Waals surface area contributed by atoms with Gasteiger partial charge in [0.05, 0.1) is 0 Å². The molecule has 1 aliphatic rings. The highest BCUT2D eigenvalue weighted by Gasteiger charge is 2.10. The molecular weight excluding hydrogens is 210 g/mol. The molecule has 2 rings (SSSR count). The zero-order chi connectivity index (χ0) is 12.1. The molecule has 1 aromatic rings. The van der Waals surface area contributed by atoms with Gasteiger partial charge in [0.15, 0.2) is 0 Å². The van der Waals surface area contributed by atoms with Crippen molar-refractivity contribution < 1.29 is 4.79 Å². The molecule has 0 aromatic heterocycles. The summed E-state index contributed by atoms with van der Waals surface area (Å²) in [7, 11) is 0. The van der Waals surface area contributed by atoms with Gasteiger partial charge in [-0.2, -0.15) is 0 Å². The number of hydrogen-bond acceptors (Lipinski definition) is 2. The van der Waals surface area contributed by atoms with Gasteiger partial charge < -0.3 is 9.69 Å². The molecule has 0 N–H and O–H groups in total. The Hall–Kier alpha value is -1.31. The Morgan fingerprint density at radius 3 is 2.35 bits per heavy atom. The first-order valence-electron chi connectivity index (χ1n) is 6.59. The summed E-state index contributed by atoms with van der Waals surface area (Å²) in [5, 5.41) is 0. The van der Waals surface area contributed by atoms with Gasteiger partial charge in [-0.1, -0.05) is 12.1 Å². The highest BCUT2D eigenvalue weighted by atomic mass is 16.1. The first kappa shape index (κ1) is 12.2. The SMILES string of the molecule is CC(=O)CCc1ccc(N2CCCCC2)cc1. The Balaban J connectivity index is 1.94. The Bertz CT molecular complexity index is 363. The number of nitrogens with zero attached hydrogens (tertiary/aromatic N) is 1. The monoisotopic (exact) mass is 231 g/mol. The molecule has 0 radical (unpaired) electrons. The fourth-order valence-electron chi connectivity index (χ4n) is 2.35. The maximum atomic E-state index is 10.9. The first-order valence-corrected chi connectivity index (χ1v) is 6.59. The largest absolute Gasteiger partial charge is 0.372 e. The van der Waals surface area contributed by atoms with Crippen LogP contribution in [0.4, 0.5) is 5.69 Å². The minimum Gasteiger partial charge on any atom is -0.372 e. The lowest BCUT2D eigenvalue weighted by molar-refractivity contribution is -0.116. The van der Waals surface area contributed by atoms with E-state index >= 15 is 0 Å². The molecule has 2 nitrogen and oxygen atoms in total. The fourth-order valence-corrected chi connectivity index (χ4v) is 2.35. The van der Waals surface area contributed by atoms with Gasteiger partial charge in [0.1, 0.15) is 5.78 Å². The average Bonchev–Trinajstić information content (AvgIpc) is 2.38. The number of aryl methyl sites for hydroxylation is 1. The normalized spacial score (nSPS) is 15.9. The smallest absolute Gasteiger partial charge is 0.130 e. The second-order valence-electron chi connectivity index (χ2n) is 4.92. The Morgan fingerprint density at radius 1 is 1.12 bits per heavy atom. The highest BCUT2D eigenvalue weighted by molar-refractivity contribution is 5.75. The molecule has 1 saturated heterocycles. The molecule has 92 valence electrons. The van der Waals surface area contributed by atoms with Crippen LogP contribution in [-0.4, -0.2) is 18.9 Å². The molecular formula is C15H21NO. The van der Waals surface area contributed by atoms with Gasteiger partial charge in [-0.25, -0.2) is 0 Å². The summed E-state index contributed by atoms with van der Waals surface area (Å²) in [4.78, 5) is 13.4. The van der Waals surface area contributed by atoms with Crippen molar-refractivity contribution >= 4 is 11.5 Å². The number of Topliss-reactive ketones (excluding diaryl/α,β-unsaturated/α-hetero) is 1. The Kier molecular flexibility index (Phi) is 4.18. The molecule has 0 aliphatic carbocycles. The van der Waals surface area contributed by atoms with E-state index in [4.69, 9.17) is 0 Å². The summed E-state index contributed by atoms with van der Waals surface area (Å²) in [5.41, 5.74) is 2.59. The summed E-state index contributed by atoms with van der Waals surface area (Å²) in [6.45, 7) is 4.03. The van der Waals surface area contributed by atoms with Crippen LogP contribution in [-0.2, 0) is 11.2 Å². The number of carbonyl (C=O) groups is 1. The third-order valence-corrected chi connectivity index (χ3v) is 3.42. The number of piperidine rings is 1. The molecule has 0 bridgehead atoms. The summed E-state index contributed by atoms with van der Waals surface area (Å²) in [5.74, 6) is 0.269. The maximum absolute atomic E-state index is 10.9. The molecule has 1 aromatic carbocycles. The van der Waals surface area contributed by atoms with Crippen LogP contribution in [0.1, 0.15) is 38.2 Å². The van der Waals surface area contributed by atoms with Crippen molar-refractivity contribution in [3.05, 3.63) is 29.8 Å². The van der Waals surface area contributed by atoms with E-state index < -0.39 is 0 Å². The van der Waals surface area contributed by atoms with E-state index in [0.29, 0.717) is 6.42 Å². The molecule has 0 saturated carbocycles. The van der Waals surface area contributed by atoms with Crippen LogP contribution < -0.4 is 4.90 Å². The number of hydrogen-bond donors (Lipinski definition) is 0. The van der Waals surface area contributed by atoms with Crippen molar-refractivity contribution in [1.29, 1.82) is 0 Å². The standard InChI is InChI=1S/C15H21NO/c1-13(17)5-6-14-7-9-15(10-8-14)16-11-3-2-4-12-16/h7-10H,2-6,11-12H2,1H3. The summed E-state index contributed by atoms with van der Waals surface area (Å²) >= 11 is 0. The topological polar surface area (TPSA) is 20.3 Å². The van der Waals surface area contributed by atoms with E-state index in [0.717, 1.165) is 6.42 Å². The van der Waals surface area contributed by atoms with E-state index in [-0.39, 0.29) is 5.78 Å². The average molecular weight is 231 g/mol. The van der Waals surface area contributed by atoms with E-state index in [1.54, 1.807) is 6.92 Å². The third kappa shape index (κ3) is 3.58. The first-order chi connectivity index (χ1) is 8.25. The van der Waals surface area contributed by atoms with Crippen LogP contribution >= 0.6 is 0 Å². The fraction of sp³-hybridized carbons (Fsp3) is 0.533. The number of anilines is 1. The second-order valence-corrected chi connectivity index (χ2v) is 4.92. The van der Waals surface area contributed by atoms with Crippen LogP contribution in [0.3, 0.4) is 0 Å². The molecule has 1 aliphatic heterocycles. The number of carbonyl (C=O) groups excluding carboxylic acids is 1. The minimum atomic E-state index is 0.269. The second kappa shape index (κ2) is 5.85. The predicted molar refractivity (Wildman–Crippen MR) is 71.5 cm³/mol. The molecule has 2 heteroatoms. The predicted octanol–water partition coefficient (Wildman–Crippen LogP) is 3.20. The zero-order valence-electron chi connectivity index (χ0n) is 10.6. The number of rotatable bonds is 4. The van der Waals surface area contributed by atoms with Crippen LogP contribution in [0.2, 0.25) is 0 Å². The molecule has 1 heterocycles. The van der Waals surface area contributed by atoms with Crippen molar-refractivity contribution in [3.63, 3.8) is 0 Å². The maximum Gasteiger partial charge on any atom is 0.130 e. The van der Waals surface area contributed by atoms with Crippen molar-refractivity contribution in [3.8, 4) is 0 Å². The Labute approximate surface area is 104 Å². The van der Waals surface area contributed by atoms with E-state index in [9.17, 15) is 4.79 Å². The number of benzene rings is 1. The molecule has 1 fully saturated rings. The summed E-state index contributed by atoms with van der Waals surface area (Å²) in [6, 6.07) is 8.71. The van der Waals surface area contributed by atoms with Crippen molar-refractivity contribution in [2.24, 2.45) is 0 Å². The molecule has 0 atom stereocenters. The van der Waals surface area contributed by atoms with Gasteiger partial charge in [-0.15, -0.1) is 0 Å². The van der Waals surface area contributed by atoms with Crippen LogP contribution in [0, 0.1) is 0 Å². The van der Waals surface area contributed by atoms with Crippen LogP contribution in [0.25, 0.3) is 0 Å². The van der Waals surface area contributed by atoms with Gasteiger partial charge >= 0.3 is 0 Å². The lowest BCUT2D eigenvalue weighted by atomic mass is 10.1. The number of ketones is 1. The van der Waals surface area contributed by atoms with Crippen molar-refractivity contribution in [2.75, 3.05) is 18.0 Å². The van der Waals surface area contributed by atoms with Crippen LogP contribution in [0.5, 0.6) is 0 Å². The molecule has 17 heavy (non-hydrogen) atoms. The van der Waals surface area contributed by atoms with Crippen molar-refractivity contribution in [2.45, 2.75) is 39.0 Å². The quantitative estimate of drug-likeness (QED) is 0.793. The van der Waals surface area contributed by atoms with Gasteiger partial charge in [-0.05, 0) is 50.3 Å². The Morgan fingerprint density at radius 2 is 1.76 bits per heavy atom. The van der Waals surface area contributed by atoms with Gasteiger partial charge in [-0.3, -0.25) is 0 Å². The van der Waals surface area contributed by atoms with E-state index in [1.165, 1.54) is 43.6 Å². The summed E-state index contributed by atoms with van der Waals surface area (Å²) in [6.07, 6.45) is 5.52. The summed E-state index contributed by atoms with van der Waals surface area (Å²) < 4.78 is 0. The van der Waals surface area contributed by atoms with E-state index in [1.807, 2.05) is 0 Å². The van der Waals surface area contributed by atoms with Gasteiger partial charge in [0.2, 0.25) is 0 Å².